The Labute approximate surface area is 208 Å². The molecule has 5 rings (SSSR count). The van der Waals surface area contributed by atoms with Gasteiger partial charge in [0.05, 0.1) is 30.1 Å². The number of fused-ring (bicyclic) bond motifs is 1. The number of pyridine rings is 1. The Bertz CT molecular complexity index is 1390. The Morgan fingerprint density at radius 2 is 2.00 bits per heavy atom. The Kier molecular flexibility index (Phi) is 6.81. The first kappa shape index (κ1) is 23.4. The molecule has 36 heavy (non-hydrogen) atoms. The third-order valence-corrected chi connectivity index (χ3v) is 6.10. The molecule has 8 nitrogen and oxygen atoms in total. The number of nitrogens with zero attached hydrogens (tertiary/aromatic N) is 3. The molecule has 0 bridgehead atoms. The highest BCUT2D eigenvalue weighted by molar-refractivity contribution is 6.00. The maximum atomic E-state index is 12.6. The largest absolute Gasteiger partial charge is 0.364 e. The lowest BCUT2D eigenvalue weighted by Crippen LogP contribution is -2.61. The van der Waals surface area contributed by atoms with E-state index in [2.05, 4.69) is 37.8 Å². The van der Waals surface area contributed by atoms with Crippen LogP contribution < -0.4 is 21.3 Å². The summed E-state index contributed by atoms with van der Waals surface area (Å²) in [4.78, 5) is 25.4. The number of hydrogen-bond donors (Lipinski definition) is 4. The van der Waals surface area contributed by atoms with Crippen LogP contribution in [0.15, 0.2) is 79.6 Å². The second kappa shape index (κ2) is 10.5. The van der Waals surface area contributed by atoms with Gasteiger partial charge in [0.2, 0.25) is 11.9 Å². The first-order valence-electron chi connectivity index (χ1n) is 11.7. The van der Waals surface area contributed by atoms with Gasteiger partial charge >= 0.3 is 0 Å². The molecule has 1 saturated heterocycles. The smallest absolute Gasteiger partial charge is 0.247 e. The highest BCUT2D eigenvalue weighted by Crippen LogP contribution is 2.30. The summed E-state index contributed by atoms with van der Waals surface area (Å²) < 4.78 is 12.6. The number of anilines is 4. The second-order valence-electron chi connectivity index (χ2n) is 8.51. The van der Waals surface area contributed by atoms with E-state index >= 15 is 0 Å². The minimum Gasteiger partial charge on any atom is -0.364 e. The van der Waals surface area contributed by atoms with Crippen LogP contribution in [0.1, 0.15) is 6.42 Å². The molecule has 1 amide bonds. The van der Waals surface area contributed by atoms with Crippen LogP contribution in [0, 0.1) is 0 Å². The van der Waals surface area contributed by atoms with Gasteiger partial charge in [-0.3, -0.25) is 9.18 Å². The standard InChI is InChI=1S/C27H26FN7O/c1-2-25(36)32-19-7-3-5-17(13-19)21-8-4-6-18-14-31-27(35-26(18)21)33-20-9-10-24(30-15-20)34-23-16-29-22(23)11-12-28/h2-10,13-15,22-23,29H,1,11-12,16H2,(H,30,34)(H,32,36)(H,31,33,35). The lowest BCUT2D eigenvalue weighted by atomic mass is 9.97. The Hall–Kier alpha value is -4.37. The zero-order valence-corrected chi connectivity index (χ0v) is 19.5. The fourth-order valence-electron chi connectivity index (χ4n) is 4.15. The molecule has 9 heteroatoms. The van der Waals surface area contributed by atoms with Crippen LogP contribution in [0.3, 0.4) is 0 Å². The molecule has 0 saturated carbocycles. The highest BCUT2D eigenvalue weighted by atomic mass is 19.1. The highest BCUT2D eigenvalue weighted by Gasteiger charge is 2.29. The van der Waals surface area contributed by atoms with Crippen molar-refractivity contribution in [3.63, 3.8) is 0 Å². The summed E-state index contributed by atoms with van der Waals surface area (Å²) in [5, 5.41) is 13.5. The third kappa shape index (κ3) is 5.16. The summed E-state index contributed by atoms with van der Waals surface area (Å²) in [6, 6.07) is 17.6. The second-order valence-corrected chi connectivity index (χ2v) is 8.51. The van der Waals surface area contributed by atoms with E-state index in [0.29, 0.717) is 18.1 Å². The molecule has 1 aliphatic heterocycles. The van der Waals surface area contributed by atoms with E-state index < -0.39 is 0 Å². The molecule has 4 aromatic rings. The molecule has 1 fully saturated rings. The molecule has 2 aromatic heterocycles. The zero-order chi connectivity index (χ0) is 24.9. The SMILES string of the molecule is C=CC(=O)Nc1cccc(-c2cccc3cnc(Nc4ccc(NC5CNC5CCF)nc4)nc23)c1. The fraction of sp³-hybridized carbons (Fsp3) is 0.185. The molecule has 0 spiro atoms. The van der Waals surface area contributed by atoms with E-state index in [1.807, 2.05) is 54.6 Å². The molecular formula is C27H26FN7O. The van der Waals surface area contributed by atoms with Crippen molar-refractivity contribution < 1.29 is 9.18 Å². The normalized spacial score (nSPS) is 16.7. The average Bonchev–Trinajstić information content (AvgIpc) is 2.90. The first-order chi connectivity index (χ1) is 17.6. The minimum atomic E-state index is -0.336. The quantitative estimate of drug-likeness (QED) is 0.257. The van der Waals surface area contributed by atoms with Crippen molar-refractivity contribution in [2.75, 3.05) is 29.2 Å². The van der Waals surface area contributed by atoms with Crippen LogP contribution in [-0.4, -0.2) is 46.2 Å². The molecule has 1 aliphatic rings. The minimum absolute atomic E-state index is 0.133. The summed E-state index contributed by atoms with van der Waals surface area (Å²) in [7, 11) is 0. The van der Waals surface area contributed by atoms with E-state index in [1.54, 1.807) is 12.4 Å². The van der Waals surface area contributed by atoms with Crippen molar-refractivity contribution >= 4 is 40.0 Å². The number of amides is 1. The van der Waals surface area contributed by atoms with Crippen LogP contribution in [0.25, 0.3) is 22.0 Å². The van der Waals surface area contributed by atoms with Crippen molar-refractivity contribution in [2.24, 2.45) is 0 Å². The number of benzene rings is 2. The van der Waals surface area contributed by atoms with E-state index in [4.69, 9.17) is 4.98 Å². The Morgan fingerprint density at radius 3 is 2.75 bits per heavy atom. The zero-order valence-electron chi connectivity index (χ0n) is 19.5. The van der Waals surface area contributed by atoms with Gasteiger partial charge < -0.3 is 21.3 Å². The summed E-state index contributed by atoms with van der Waals surface area (Å²) >= 11 is 0. The molecule has 2 atom stereocenters. The predicted molar refractivity (Wildman–Crippen MR) is 141 cm³/mol. The van der Waals surface area contributed by atoms with Crippen LogP contribution in [0.5, 0.6) is 0 Å². The summed E-state index contributed by atoms with van der Waals surface area (Å²) in [5.41, 5.74) is 4.04. The number of hydrogen-bond acceptors (Lipinski definition) is 7. The van der Waals surface area contributed by atoms with Crippen molar-refractivity contribution in [3.8, 4) is 11.1 Å². The molecule has 182 valence electrons. The van der Waals surface area contributed by atoms with Crippen LogP contribution >= 0.6 is 0 Å². The average molecular weight is 484 g/mol. The van der Waals surface area contributed by atoms with E-state index in [9.17, 15) is 9.18 Å². The van der Waals surface area contributed by atoms with Crippen LogP contribution in [0.4, 0.5) is 27.5 Å². The number of carbonyl (C=O) groups excluding carboxylic acids is 1. The Balaban J connectivity index is 1.35. The number of carbonyl (C=O) groups is 1. The number of nitrogens with one attached hydrogen (secondary N) is 4. The molecule has 0 aliphatic carbocycles. The fourth-order valence-corrected chi connectivity index (χ4v) is 4.15. The van der Waals surface area contributed by atoms with Crippen molar-refractivity contribution in [1.29, 1.82) is 0 Å². The van der Waals surface area contributed by atoms with Gasteiger partial charge in [-0.15, -0.1) is 0 Å². The van der Waals surface area contributed by atoms with E-state index in [-0.39, 0.29) is 24.7 Å². The van der Waals surface area contributed by atoms with E-state index in [0.717, 1.165) is 40.1 Å². The summed E-state index contributed by atoms with van der Waals surface area (Å²) in [6.07, 6.45) is 5.22. The van der Waals surface area contributed by atoms with Crippen LogP contribution in [-0.2, 0) is 4.79 Å². The topological polar surface area (TPSA) is 104 Å². The summed E-state index contributed by atoms with van der Waals surface area (Å²) in [6.45, 7) is 3.96. The maximum absolute atomic E-state index is 12.6. The third-order valence-electron chi connectivity index (χ3n) is 6.10. The van der Waals surface area contributed by atoms with Gasteiger partial charge in [0.1, 0.15) is 5.82 Å². The molecular weight excluding hydrogens is 457 g/mol. The lowest BCUT2D eigenvalue weighted by Gasteiger charge is -2.38. The van der Waals surface area contributed by atoms with Gasteiger partial charge in [-0.2, -0.15) is 0 Å². The van der Waals surface area contributed by atoms with Gasteiger partial charge in [0.25, 0.3) is 0 Å². The van der Waals surface area contributed by atoms with Crippen LogP contribution in [0.2, 0.25) is 0 Å². The van der Waals surface area contributed by atoms with Gasteiger partial charge in [-0.25, -0.2) is 15.0 Å². The van der Waals surface area contributed by atoms with Crippen molar-refractivity contribution in [2.45, 2.75) is 18.5 Å². The number of alkyl halides is 1. The van der Waals surface area contributed by atoms with Gasteiger partial charge in [-0.05, 0) is 42.3 Å². The van der Waals surface area contributed by atoms with Gasteiger partial charge in [0, 0.05) is 35.4 Å². The number of halogens is 1. The molecule has 0 radical (unpaired) electrons. The predicted octanol–water partition coefficient (Wildman–Crippen LogP) is 4.67. The number of aromatic nitrogens is 3. The Morgan fingerprint density at radius 1 is 1.11 bits per heavy atom. The van der Waals surface area contributed by atoms with Gasteiger partial charge in [0.15, 0.2) is 0 Å². The maximum Gasteiger partial charge on any atom is 0.247 e. The number of para-hydroxylation sites is 1. The van der Waals surface area contributed by atoms with Gasteiger partial charge in [-0.1, -0.05) is 36.9 Å². The van der Waals surface area contributed by atoms with Crippen molar-refractivity contribution in [3.05, 3.63) is 79.6 Å². The number of rotatable bonds is 9. The lowest BCUT2D eigenvalue weighted by molar-refractivity contribution is -0.111. The molecule has 4 N–H and O–H groups in total. The molecule has 2 aromatic carbocycles. The van der Waals surface area contributed by atoms with Crippen molar-refractivity contribution in [1.82, 2.24) is 20.3 Å². The van der Waals surface area contributed by atoms with E-state index in [1.165, 1.54) is 6.08 Å². The summed E-state index contributed by atoms with van der Waals surface area (Å²) in [5.74, 6) is 0.915. The molecule has 3 heterocycles. The monoisotopic (exact) mass is 483 g/mol. The molecule has 2 unspecified atom stereocenters. The first-order valence-corrected chi connectivity index (χ1v) is 11.7.